The Morgan fingerprint density at radius 1 is 1.22 bits per heavy atom. The second-order valence-electron chi connectivity index (χ2n) is 13.6. The molecule has 5 heterocycles. The first kappa shape index (κ1) is 29.8. The molecule has 3 atom stereocenters. The van der Waals surface area contributed by atoms with Crippen LogP contribution < -0.4 is 15.0 Å². The molecule has 240 valence electrons. The fraction of sp³-hybridized carbons (Fsp3) is 0.471. The van der Waals surface area contributed by atoms with E-state index >= 15 is 4.39 Å². The molecular weight excluding hydrogens is 607 g/mol. The summed E-state index contributed by atoms with van der Waals surface area (Å²) < 4.78 is 43.7. The number of aromatic hydroxyl groups is 1. The quantitative estimate of drug-likeness (QED) is 0.280. The molecule has 0 spiro atoms. The van der Waals surface area contributed by atoms with E-state index in [0.29, 0.717) is 70.3 Å². The van der Waals surface area contributed by atoms with E-state index in [-0.39, 0.29) is 28.8 Å². The molecule has 10 nitrogen and oxygen atoms in total. The van der Waals surface area contributed by atoms with Crippen LogP contribution in [0.15, 0.2) is 29.2 Å². The van der Waals surface area contributed by atoms with Crippen LogP contribution in [0.2, 0.25) is 0 Å². The Labute approximate surface area is 270 Å². The van der Waals surface area contributed by atoms with Gasteiger partial charge in [0.15, 0.2) is 5.82 Å². The van der Waals surface area contributed by atoms with Gasteiger partial charge in [0, 0.05) is 48.1 Å². The average molecular weight is 645 g/mol. The molecular formula is C34H37FN6O4S. The number of hydrogen-bond acceptors (Lipinski definition) is 10. The van der Waals surface area contributed by atoms with E-state index in [0.717, 1.165) is 45.3 Å². The first-order chi connectivity index (χ1) is 22.2. The number of nitrogens with one attached hydrogen (secondary N) is 1. The van der Waals surface area contributed by atoms with Gasteiger partial charge in [-0.2, -0.15) is 14.3 Å². The van der Waals surface area contributed by atoms with Crippen LogP contribution in [-0.2, 0) is 16.1 Å². The summed E-state index contributed by atoms with van der Waals surface area (Å²) in [7, 11) is 4.13. The van der Waals surface area contributed by atoms with Crippen LogP contribution >= 0.6 is 0 Å². The molecule has 12 heteroatoms. The van der Waals surface area contributed by atoms with Gasteiger partial charge >= 0.3 is 6.01 Å². The van der Waals surface area contributed by atoms with Gasteiger partial charge < -0.3 is 34.2 Å². The van der Waals surface area contributed by atoms with Gasteiger partial charge in [-0.15, -0.1) is 6.42 Å². The van der Waals surface area contributed by atoms with Crippen molar-refractivity contribution in [2.75, 3.05) is 58.5 Å². The second-order valence-corrected chi connectivity index (χ2v) is 14.9. The number of benzene rings is 2. The third kappa shape index (κ3) is 5.15. The van der Waals surface area contributed by atoms with Gasteiger partial charge in [-0.1, -0.05) is 12.0 Å². The van der Waals surface area contributed by atoms with Crippen LogP contribution in [0.1, 0.15) is 42.5 Å². The fourth-order valence-electron chi connectivity index (χ4n) is 7.40. The monoisotopic (exact) mass is 644 g/mol. The van der Waals surface area contributed by atoms with E-state index in [2.05, 4.69) is 35.1 Å². The minimum atomic E-state index is -1.76. The molecule has 3 unspecified atom stereocenters. The second kappa shape index (κ2) is 11.3. The molecule has 1 aliphatic carbocycles. The van der Waals surface area contributed by atoms with Crippen LogP contribution in [-0.4, -0.2) is 101 Å². The Hall–Kier alpha value is -3.60. The summed E-state index contributed by atoms with van der Waals surface area (Å²) in [6, 6.07) is 6.68. The van der Waals surface area contributed by atoms with Crippen LogP contribution in [0.25, 0.3) is 22.5 Å². The molecule has 4 aliphatic heterocycles. The van der Waals surface area contributed by atoms with E-state index in [1.807, 2.05) is 6.08 Å². The van der Waals surface area contributed by atoms with E-state index in [4.69, 9.17) is 25.9 Å². The molecule has 2 bridgehead atoms. The lowest BCUT2D eigenvalue weighted by Gasteiger charge is -2.42. The maximum absolute atomic E-state index is 15.1. The van der Waals surface area contributed by atoms with Gasteiger partial charge in [-0.3, -0.25) is 0 Å². The zero-order chi connectivity index (χ0) is 31.7. The first-order valence-corrected chi connectivity index (χ1v) is 17.0. The Balaban J connectivity index is 1.30. The van der Waals surface area contributed by atoms with Gasteiger partial charge in [0.2, 0.25) is 4.90 Å². The number of terminal acetylenes is 1. The number of hydrogen-bond donors (Lipinski definition) is 2. The molecule has 2 N–H and O–H groups in total. The lowest BCUT2D eigenvalue weighted by atomic mass is 9.95. The number of anilines is 1. The Kier molecular flexibility index (Phi) is 7.30. The largest absolute Gasteiger partial charge is 0.588 e. The van der Waals surface area contributed by atoms with Crippen LogP contribution in [0, 0.1) is 23.6 Å². The van der Waals surface area contributed by atoms with Crippen LogP contribution in [0.5, 0.6) is 11.8 Å². The Morgan fingerprint density at radius 3 is 2.63 bits per heavy atom. The lowest BCUT2D eigenvalue weighted by Crippen LogP contribution is -2.53. The van der Waals surface area contributed by atoms with E-state index < -0.39 is 17.2 Å². The number of nitrogens with zero attached hydrogens (tertiary/aromatic N) is 5. The van der Waals surface area contributed by atoms with Crippen molar-refractivity contribution in [3.8, 4) is 24.1 Å². The molecule has 46 heavy (non-hydrogen) atoms. The number of fused-ring (bicyclic) bond motifs is 4. The normalized spacial score (nSPS) is 24.9. The number of piperazine rings is 1. The van der Waals surface area contributed by atoms with Gasteiger partial charge in [0.25, 0.3) is 0 Å². The first-order valence-electron chi connectivity index (χ1n) is 15.9. The summed E-state index contributed by atoms with van der Waals surface area (Å²) in [5.41, 5.74) is 1.61. The van der Waals surface area contributed by atoms with E-state index in [1.165, 1.54) is 6.07 Å². The number of phenols is 1. The third-order valence-corrected chi connectivity index (χ3v) is 11.4. The Bertz CT molecular complexity index is 1780. The number of halogens is 1. The van der Waals surface area contributed by atoms with Crippen molar-refractivity contribution < 1.29 is 23.5 Å². The highest BCUT2D eigenvalue weighted by Gasteiger charge is 2.47. The van der Waals surface area contributed by atoms with Crippen molar-refractivity contribution in [2.24, 2.45) is 5.41 Å². The lowest BCUT2D eigenvalue weighted by molar-refractivity contribution is -0.0230. The topological polar surface area (TPSA) is 109 Å². The minimum absolute atomic E-state index is 0.0151. The molecule has 3 aromatic rings. The third-order valence-electron chi connectivity index (χ3n) is 9.77. The van der Waals surface area contributed by atoms with E-state index in [9.17, 15) is 9.66 Å². The highest BCUT2D eigenvalue weighted by Crippen LogP contribution is 2.48. The standard InChI is InChI=1S/C34H37FN6O4S/c1-4-25-27(35)8-5-20-11-24(42)12-26(30(20)25)29-13-28-31(46(43)41(29)23-16-44-17-23)32(40-14-21-6-7-22(15-40)36-21)38-33(37-28)45-19-34(9-10-34)18-39(2)3/h1,5,8,11-13,21-23,36,42H,6-7,9-10,14-19H2,2-3H3. The van der Waals surface area contributed by atoms with E-state index in [1.54, 1.807) is 22.5 Å². The van der Waals surface area contributed by atoms with Crippen molar-refractivity contribution in [3.63, 3.8) is 0 Å². The van der Waals surface area contributed by atoms with Gasteiger partial charge in [-0.05, 0) is 69.4 Å². The smallest absolute Gasteiger partial charge is 0.319 e. The highest BCUT2D eigenvalue weighted by molar-refractivity contribution is 7.89. The number of ether oxygens (including phenoxy) is 2. The van der Waals surface area contributed by atoms with Crippen molar-refractivity contribution in [1.29, 1.82) is 0 Å². The molecule has 5 aliphatic rings. The van der Waals surface area contributed by atoms with Crippen molar-refractivity contribution in [2.45, 2.75) is 48.7 Å². The molecule has 2 aromatic carbocycles. The number of aromatic nitrogens is 2. The summed E-state index contributed by atoms with van der Waals surface area (Å²) >= 11 is -1.76. The number of rotatable bonds is 8. The molecule has 1 saturated carbocycles. The van der Waals surface area contributed by atoms with Crippen LogP contribution in [0.4, 0.5) is 10.2 Å². The Morgan fingerprint density at radius 2 is 1.98 bits per heavy atom. The predicted octanol–water partition coefficient (Wildman–Crippen LogP) is 3.35. The summed E-state index contributed by atoms with van der Waals surface area (Å²) in [6.07, 6.45) is 12.0. The summed E-state index contributed by atoms with van der Waals surface area (Å²) in [5.74, 6) is 2.56. The van der Waals surface area contributed by atoms with Crippen LogP contribution in [0.3, 0.4) is 0 Å². The fourth-order valence-corrected chi connectivity index (χ4v) is 8.93. The van der Waals surface area contributed by atoms with Gasteiger partial charge in [0.05, 0.1) is 31.1 Å². The summed E-state index contributed by atoms with van der Waals surface area (Å²) in [4.78, 5) is 14.7. The van der Waals surface area contributed by atoms with Gasteiger partial charge in [-0.25, -0.2) is 4.39 Å². The van der Waals surface area contributed by atoms with Crippen molar-refractivity contribution in [1.82, 2.24) is 24.5 Å². The van der Waals surface area contributed by atoms with Crippen molar-refractivity contribution in [3.05, 3.63) is 46.9 Å². The summed E-state index contributed by atoms with van der Waals surface area (Å²) in [5, 5.41) is 15.5. The molecule has 4 fully saturated rings. The van der Waals surface area contributed by atoms with Gasteiger partial charge in [0.1, 0.15) is 34.7 Å². The summed E-state index contributed by atoms with van der Waals surface area (Å²) in [6.45, 7) is 3.63. The zero-order valence-electron chi connectivity index (χ0n) is 26.0. The molecule has 0 radical (unpaired) electrons. The zero-order valence-corrected chi connectivity index (χ0v) is 26.8. The maximum Gasteiger partial charge on any atom is 0.319 e. The molecule has 1 aromatic heterocycles. The maximum atomic E-state index is 15.1. The van der Waals surface area contributed by atoms with Crippen molar-refractivity contribution >= 4 is 39.7 Å². The highest BCUT2D eigenvalue weighted by atomic mass is 32.2. The predicted molar refractivity (Wildman–Crippen MR) is 174 cm³/mol. The number of phenolic OH excluding ortho intramolecular Hbond substituents is 1. The molecule has 8 rings (SSSR count). The molecule has 3 saturated heterocycles. The molecule has 0 amide bonds. The SMILES string of the molecule is C#Cc1c(F)ccc2cc(O)cc(C3=Cc4nc(OCC5(CN(C)C)CC5)nc(N5CC6CCC(C5)N6)c4[S+]([O-])N3C3COC3)c12. The average Bonchev–Trinajstić information content (AvgIpc) is 3.68. The minimum Gasteiger partial charge on any atom is -0.588 e.